The van der Waals surface area contributed by atoms with E-state index >= 15 is 4.39 Å². The predicted molar refractivity (Wildman–Crippen MR) is 135 cm³/mol. The molecule has 0 heterocycles. The van der Waals surface area contributed by atoms with Gasteiger partial charge >= 0.3 is 0 Å². The minimum atomic E-state index is -2.71. The van der Waals surface area contributed by atoms with Crippen LogP contribution in [0, 0.1) is 17.7 Å². The summed E-state index contributed by atoms with van der Waals surface area (Å²) < 4.78 is 15.3. The van der Waals surface area contributed by atoms with Gasteiger partial charge < -0.3 is 31.5 Å². The average Bonchev–Trinajstić information content (AvgIpc) is 3.39. The van der Waals surface area contributed by atoms with Gasteiger partial charge in [0.1, 0.15) is 22.9 Å². The van der Waals surface area contributed by atoms with Gasteiger partial charge in [-0.25, -0.2) is 4.39 Å². The second kappa shape index (κ2) is 9.45. The topological polar surface area (TPSA) is 190 Å². The van der Waals surface area contributed by atoms with E-state index in [-0.39, 0.29) is 42.3 Å². The normalized spacial score (nSPS) is 27.0. The van der Waals surface area contributed by atoms with Crippen molar-refractivity contribution >= 4 is 34.8 Å². The fourth-order valence-corrected chi connectivity index (χ4v) is 6.63. The smallest absolute Gasteiger partial charge is 0.255 e. The SMILES string of the molecule is CN(CC(=O)Nc1cc(F)c2c(c1O)C(O)=C1C(=O)[C@]3(O)C(O)=C(C(N)=O)C(=O)C[C@@H]3CC1C2)C1CCCC1. The van der Waals surface area contributed by atoms with Gasteiger partial charge in [0, 0.05) is 35.6 Å². The Kier molecular flexibility index (Phi) is 6.50. The summed E-state index contributed by atoms with van der Waals surface area (Å²) in [6.45, 7) is -0.00259. The maximum absolute atomic E-state index is 15.3. The van der Waals surface area contributed by atoms with Crippen molar-refractivity contribution in [2.45, 2.75) is 56.6 Å². The van der Waals surface area contributed by atoms with E-state index < -0.39 is 81.5 Å². The van der Waals surface area contributed by atoms with Crippen LogP contribution in [0.4, 0.5) is 10.1 Å². The number of Topliss-reactive ketones (excluding diaryl/α,β-unsaturated/α-hetero) is 2. The maximum Gasteiger partial charge on any atom is 0.255 e. The predicted octanol–water partition coefficient (Wildman–Crippen LogP) is 1.38. The number of aromatic hydroxyl groups is 1. The fourth-order valence-electron chi connectivity index (χ4n) is 6.63. The molecule has 0 saturated heterocycles. The Balaban J connectivity index is 1.51. The summed E-state index contributed by atoms with van der Waals surface area (Å²) in [6.07, 6.45) is 3.35. The number of anilines is 1. The van der Waals surface area contributed by atoms with Crippen LogP contribution in [0.15, 0.2) is 23.0 Å². The summed E-state index contributed by atoms with van der Waals surface area (Å²) in [6, 6.07) is 1.19. The largest absolute Gasteiger partial charge is 0.508 e. The number of aliphatic hydroxyl groups excluding tert-OH is 2. The summed E-state index contributed by atoms with van der Waals surface area (Å²) >= 11 is 0. The number of nitrogens with two attached hydrogens (primary N) is 1. The molecule has 0 aromatic heterocycles. The number of benzene rings is 1. The Hall–Kier alpha value is -3.77. The van der Waals surface area contributed by atoms with Crippen LogP contribution in [-0.2, 0) is 25.6 Å². The van der Waals surface area contributed by atoms with Gasteiger partial charge in [0.15, 0.2) is 17.1 Å². The number of rotatable bonds is 5. The zero-order chi connectivity index (χ0) is 28.4. The van der Waals surface area contributed by atoms with Crippen LogP contribution < -0.4 is 11.1 Å². The fraction of sp³-hybridized carbons (Fsp3) is 0.481. The number of fused-ring (bicyclic) bond motifs is 3. The number of hydrogen-bond donors (Lipinski definition) is 6. The number of amides is 2. The molecule has 4 aliphatic rings. The first-order valence-electron chi connectivity index (χ1n) is 12.9. The Morgan fingerprint density at radius 1 is 1.18 bits per heavy atom. The summed E-state index contributed by atoms with van der Waals surface area (Å²) in [5.41, 5.74) is 0.382. The molecule has 1 aromatic rings. The van der Waals surface area contributed by atoms with E-state index in [1.807, 2.05) is 4.90 Å². The van der Waals surface area contributed by atoms with Crippen molar-refractivity contribution in [3.63, 3.8) is 0 Å². The van der Waals surface area contributed by atoms with E-state index in [0.29, 0.717) is 0 Å². The third kappa shape index (κ3) is 4.09. The molecule has 11 nitrogen and oxygen atoms in total. The molecule has 2 saturated carbocycles. The highest BCUT2D eigenvalue weighted by atomic mass is 19.1. The number of hydrogen-bond acceptors (Lipinski definition) is 9. The highest BCUT2D eigenvalue weighted by Gasteiger charge is 2.60. The first kappa shape index (κ1) is 26.8. The summed E-state index contributed by atoms with van der Waals surface area (Å²) in [5, 5.41) is 46.5. The molecular formula is C27H30FN3O8. The lowest BCUT2D eigenvalue weighted by molar-refractivity contribution is -0.147. The third-order valence-corrected chi connectivity index (χ3v) is 8.62. The summed E-state index contributed by atoms with van der Waals surface area (Å²) in [7, 11) is 1.80. The first-order valence-corrected chi connectivity index (χ1v) is 12.9. The van der Waals surface area contributed by atoms with E-state index in [1.54, 1.807) is 7.05 Å². The molecule has 0 bridgehead atoms. The molecule has 39 heavy (non-hydrogen) atoms. The van der Waals surface area contributed by atoms with Gasteiger partial charge in [-0.2, -0.15) is 0 Å². The van der Waals surface area contributed by atoms with E-state index in [2.05, 4.69) is 5.32 Å². The number of nitrogens with one attached hydrogen (secondary N) is 1. The average molecular weight is 544 g/mol. The van der Waals surface area contributed by atoms with Gasteiger partial charge in [-0.15, -0.1) is 0 Å². The molecule has 2 amide bonds. The van der Waals surface area contributed by atoms with E-state index in [9.17, 15) is 39.6 Å². The van der Waals surface area contributed by atoms with Crippen LogP contribution in [0.1, 0.15) is 49.7 Å². The van der Waals surface area contributed by atoms with Crippen LogP contribution in [-0.4, -0.2) is 73.9 Å². The molecule has 208 valence electrons. The zero-order valence-electron chi connectivity index (χ0n) is 21.3. The number of nitrogens with zero attached hydrogens (tertiary/aromatic N) is 1. The standard InChI is InChI=1S/C27H30FN3O8/c1-31(13-4-2-3-5-13)10-18(33)30-16-9-15(28)14-7-11-6-12-8-17(32)21(26(29)38)25(37)27(12,39)24(36)19(11)23(35)20(14)22(16)34/h9,11-13,34-35,37,39H,2-8,10H2,1H3,(H2,29,38)(H,30,33)/t11?,12-,27-/m0/s1. The van der Waals surface area contributed by atoms with Crippen molar-refractivity contribution < 1.29 is 44.0 Å². The van der Waals surface area contributed by atoms with Crippen LogP contribution in [0.2, 0.25) is 0 Å². The zero-order valence-corrected chi connectivity index (χ0v) is 21.3. The number of carbonyl (C=O) groups excluding carboxylic acids is 4. The molecule has 7 N–H and O–H groups in total. The van der Waals surface area contributed by atoms with Crippen LogP contribution in [0.3, 0.4) is 0 Å². The molecule has 0 spiro atoms. The van der Waals surface area contributed by atoms with Gasteiger partial charge in [0.25, 0.3) is 5.91 Å². The van der Waals surface area contributed by atoms with E-state index in [4.69, 9.17) is 5.73 Å². The quantitative estimate of drug-likeness (QED) is 0.235. The molecule has 12 heteroatoms. The molecule has 0 aliphatic heterocycles. The lowest BCUT2D eigenvalue weighted by Gasteiger charge is -2.46. The van der Waals surface area contributed by atoms with Crippen molar-refractivity contribution in [1.82, 2.24) is 4.90 Å². The number of phenolic OH excluding ortho intramolecular Hbond substituents is 1. The molecule has 1 aromatic carbocycles. The van der Waals surface area contributed by atoms with Crippen molar-refractivity contribution in [3.8, 4) is 5.75 Å². The van der Waals surface area contributed by atoms with E-state index in [1.165, 1.54) is 0 Å². The van der Waals surface area contributed by atoms with Gasteiger partial charge in [0.05, 0.1) is 17.8 Å². The lowest BCUT2D eigenvalue weighted by atomic mass is 9.59. The highest BCUT2D eigenvalue weighted by Crippen LogP contribution is 2.53. The summed E-state index contributed by atoms with van der Waals surface area (Å²) in [5.74, 6) is -9.33. The molecular weight excluding hydrogens is 513 g/mol. The minimum Gasteiger partial charge on any atom is -0.508 e. The Morgan fingerprint density at radius 2 is 1.85 bits per heavy atom. The lowest BCUT2D eigenvalue weighted by Crippen LogP contribution is -2.58. The van der Waals surface area contributed by atoms with Crippen LogP contribution in [0.25, 0.3) is 5.76 Å². The van der Waals surface area contributed by atoms with Crippen molar-refractivity contribution in [1.29, 1.82) is 0 Å². The number of likely N-dealkylation sites (N-methyl/N-ethyl adjacent to an activating group) is 1. The number of ketones is 2. The Morgan fingerprint density at radius 3 is 2.49 bits per heavy atom. The molecule has 2 fully saturated rings. The second-order valence-corrected chi connectivity index (χ2v) is 10.9. The van der Waals surface area contributed by atoms with Crippen LogP contribution in [0.5, 0.6) is 5.75 Å². The number of primary amides is 1. The Bertz CT molecular complexity index is 1380. The van der Waals surface area contributed by atoms with Crippen molar-refractivity contribution in [2.24, 2.45) is 17.6 Å². The van der Waals surface area contributed by atoms with Gasteiger partial charge in [-0.3, -0.25) is 24.1 Å². The van der Waals surface area contributed by atoms with Crippen LogP contribution >= 0.6 is 0 Å². The monoisotopic (exact) mass is 543 g/mol. The van der Waals surface area contributed by atoms with Crippen molar-refractivity contribution in [2.75, 3.05) is 18.9 Å². The van der Waals surface area contributed by atoms with E-state index in [0.717, 1.165) is 31.7 Å². The first-order chi connectivity index (χ1) is 18.4. The highest BCUT2D eigenvalue weighted by molar-refractivity contribution is 6.22. The molecule has 3 atom stereocenters. The summed E-state index contributed by atoms with van der Waals surface area (Å²) in [4.78, 5) is 52.3. The van der Waals surface area contributed by atoms with Gasteiger partial charge in [0.2, 0.25) is 11.7 Å². The minimum absolute atomic E-state index is 0.00259. The van der Waals surface area contributed by atoms with Gasteiger partial charge in [-0.1, -0.05) is 12.8 Å². The molecule has 5 rings (SSSR count). The van der Waals surface area contributed by atoms with Gasteiger partial charge in [-0.05, 0) is 38.6 Å². The number of phenols is 1. The number of carbonyl (C=O) groups is 4. The number of halogens is 1. The molecule has 4 aliphatic carbocycles. The maximum atomic E-state index is 15.3. The number of aliphatic hydroxyl groups is 3. The Labute approximate surface area is 222 Å². The second-order valence-electron chi connectivity index (χ2n) is 10.9. The third-order valence-electron chi connectivity index (χ3n) is 8.62. The van der Waals surface area contributed by atoms with Crippen molar-refractivity contribution in [3.05, 3.63) is 39.9 Å². The molecule has 1 unspecified atom stereocenters. The molecule has 0 radical (unpaired) electrons.